The van der Waals surface area contributed by atoms with Gasteiger partial charge in [-0.05, 0) is 48.5 Å². The van der Waals surface area contributed by atoms with E-state index in [9.17, 15) is 28.8 Å². The topological polar surface area (TPSA) is 130 Å². The van der Waals surface area contributed by atoms with Gasteiger partial charge in [-0.3, -0.25) is 28.9 Å². The molecule has 0 aromatic heterocycles. The number of amides is 5. The van der Waals surface area contributed by atoms with Gasteiger partial charge in [-0.1, -0.05) is 18.2 Å². The SMILES string of the molecule is CN1C(=O)c2ccc(NC(=O)COC(=O)c3cccc(N4C(=O)c5ccccc5C4=O)c3)cc2C1=O. The minimum Gasteiger partial charge on any atom is -0.452 e. The molecule has 2 aliphatic heterocycles. The van der Waals surface area contributed by atoms with E-state index in [0.717, 1.165) is 9.80 Å². The molecule has 0 aliphatic carbocycles. The first-order valence-corrected chi connectivity index (χ1v) is 10.8. The van der Waals surface area contributed by atoms with Crippen LogP contribution in [0.15, 0.2) is 66.7 Å². The number of hydrogen-bond donors (Lipinski definition) is 1. The van der Waals surface area contributed by atoms with Crippen molar-refractivity contribution in [1.29, 1.82) is 0 Å². The van der Waals surface area contributed by atoms with Crippen molar-refractivity contribution in [1.82, 2.24) is 4.90 Å². The van der Waals surface area contributed by atoms with Crippen molar-refractivity contribution >= 4 is 46.9 Å². The Labute approximate surface area is 204 Å². The lowest BCUT2D eigenvalue weighted by Gasteiger charge is -2.15. The number of nitrogens with zero attached hydrogens (tertiary/aromatic N) is 2. The highest BCUT2D eigenvalue weighted by atomic mass is 16.5. The highest BCUT2D eigenvalue weighted by Gasteiger charge is 2.36. The van der Waals surface area contributed by atoms with E-state index in [1.165, 1.54) is 49.5 Å². The van der Waals surface area contributed by atoms with Crippen LogP contribution in [-0.2, 0) is 9.53 Å². The molecule has 3 aromatic carbocycles. The zero-order valence-corrected chi connectivity index (χ0v) is 18.8. The molecule has 0 unspecified atom stereocenters. The van der Waals surface area contributed by atoms with Gasteiger partial charge in [0.2, 0.25) is 0 Å². The molecule has 0 saturated heterocycles. The Morgan fingerprint density at radius 3 is 2.08 bits per heavy atom. The molecule has 0 fully saturated rings. The van der Waals surface area contributed by atoms with Crippen molar-refractivity contribution in [3.05, 3.63) is 94.5 Å². The van der Waals surface area contributed by atoms with Crippen molar-refractivity contribution in [2.45, 2.75) is 0 Å². The maximum absolute atomic E-state index is 12.7. The molecule has 2 aliphatic rings. The van der Waals surface area contributed by atoms with Gasteiger partial charge in [0.15, 0.2) is 6.61 Å². The van der Waals surface area contributed by atoms with E-state index in [1.807, 2.05) is 0 Å². The third-order valence-corrected chi connectivity index (χ3v) is 5.84. The summed E-state index contributed by atoms with van der Waals surface area (Å²) >= 11 is 0. The molecule has 5 amide bonds. The maximum atomic E-state index is 12.7. The Balaban J connectivity index is 1.24. The fourth-order valence-corrected chi connectivity index (χ4v) is 4.05. The minimum absolute atomic E-state index is 0.0431. The molecule has 1 N–H and O–H groups in total. The smallest absolute Gasteiger partial charge is 0.338 e. The summed E-state index contributed by atoms with van der Waals surface area (Å²) in [4.78, 5) is 76.3. The van der Waals surface area contributed by atoms with Crippen molar-refractivity contribution in [2.24, 2.45) is 0 Å². The average Bonchev–Trinajstić information content (AvgIpc) is 3.27. The van der Waals surface area contributed by atoms with Gasteiger partial charge in [0.25, 0.3) is 29.5 Å². The fraction of sp³-hybridized carbons (Fsp3) is 0.0769. The van der Waals surface area contributed by atoms with Crippen molar-refractivity contribution in [3.63, 3.8) is 0 Å². The zero-order valence-electron chi connectivity index (χ0n) is 18.8. The monoisotopic (exact) mass is 483 g/mol. The molecule has 0 spiro atoms. The molecular formula is C26H17N3O7. The lowest BCUT2D eigenvalue weighted by molar-refractivity contribution is -0.119. The van der Waals surface area contributed by atoms with Crippen LogP contribution in [0.1, 0.15) is 51.8 Å². The Bertz CT molecular complexity index is 1480. The van der Waals surface area contributed by atoms with E-state index < -0.39 is 42.1 Å². The molecule has 0 atom stereocenters. The van der Waals surface area contributed by atoms with E-state index in [0.29, 0.717) is 0 Å². The minimum atomic E-state index is -0.833. The van der Waals surface area contributed by atoms with Gasteiger partial charge in [-0.15, -0.1) is 0 Å². The molecule has 3 aromatic rings. The Morgan fingerprint density at radius 1 is 0.750 bits per heavy atom. The molecule has 36 heavy (non-hydrogen) atoms. The van der Waals surface area contributed by atoms with E-state index >= 15 is 0 Å². The number of hydrogen-bond acceptors (Lipinski definition) is 7. The second-order valence-corrected chi connectivity index (χ2v) is 8.10. The van der Waals surface area contributed by atoms with E-state index in [1.54, 1.807) is 24.3 Å². The second-order valence-electron chi connectivity index (χ2n) is 8.10. The lowest BCUT2D eigenvalue weighted by Crippen LogP contribution is -2.29. The molecule has 0 radical (unpaired) electrons. The Kier molecular flexibility index (Phi) is 5.40. The van der Waals surface area contributed by atoms with E-state index in [2.05, 4.69) is 5.32 Å². The van der Waals surface area contributed by atoms with Crippen molar-refractivity contribution in [2.75, 3.05) is 23.9 Å². The number of ether oxygens (including phenoxy) is 1. The van der Waals surface area contributed by atoms with Gasteiger partial charge in [0, 0.05) is 12.7 Å². The van der Waals surface area contributed by atoms with Gasteiger partial charge in [-0.2, -0.15) is 0 Å². The average molecular weight is 483 g/mol. The molecular weight excluding hydrogens is 466 g/mol. The number of carbonyl (C=O) groups is 6. The highest BCUT2D eigenvalue weighted by molar-refractivity contribution is 6.34. The summed E-state index contributed by atoms with van der Waals surface area (Å²) in [5.74, 6) is -3.40. The normalized spacial score (nSPS) is 14.1. The van der Waals surface area contributed by atoms with Crippen LogP contribution in [-0.4, -0.2) is 54.1 Å². The summed E-state index contributed by atoms with van der Waals surface area (Å²) in [5.41, 5.74) is 1.46. The number of esters is 1. The molecule has 0 saturated carbocycles. The summed E-state index contributed by atoms with van der Waals surface area (Å²) in [6.45, 7) is -0.625. The van der Waals surface area contributed by atoms with Crippen LogP contribution in [0.25, 0.3) is 0 Å². The summed E-state index contributed by atoms with van der Waals surface area (Å²) in [6, 6.07) is 16.5. The van der Waals surface area contributed by atoms with Crippen LogP contribution in [0.2, 0.25) is 0 Å². The van der Waals surface area contributed by atoms with Gasteiger partial charge >= 0.3 is 5.97 Å². The molecule has 178 valence electrons. The van der Waals surface area contributed by atoms with Crippen LogP contribution >= 0.6 is 0 Å². The number of carbonyl (C=O) groups excluding carboxylic acids is 6. The molecule has 5 rings (SSSR count). The van der Waals surface area contributed by atoms with Gasteiger partial charge in [-0.25, -0.2) is 9.69 Å². The van der Waals surface area contributed by atoms with E-state index in [4.69, 9.17) is 4.74 Å². The highest BCUT2D eigenvalue weighted by Crippen LogP contribution is 2.29. The first-order valence-electron chi connectivity index (χ1n) is 10.8. The summed E-state index contributed by atoms with van der Waals surface area (Å²) in [7, 11) is 1.37. The molecule has 2 heterocycles. The largest absolute Gasteiger partial charge is 0.452 e. The van der Waals surface area contributed by atoms with Crippen molar-refractivity contribution in [3.8, 4) is 0 Å². The number of imide groups is 2. The number of nitrogens with one attached hydrogen (secondary N) is 1. The van der Waals surface area contributed by atoms with Gasteiger partial charge < -0.3 is 10.1 Å². The standard InChI is InChI=1S/C26H17N3O7/c1-28-22(31)19-10-9-15(12-20(19)23(28)32)27-21(30)13-36-26(35)14-5-4-6-16(11-14)29-24(33)17-7-2-3-8-18(17)25(29)34/h2-12H,13H2,1H3,(H,27,30). The third kappa shape index (κ3) is 3.70. The Morgan fingerprint density at radius 2 is 1.39 bits per heavy atom. The van der Waals surface area contributed by atoms with Crippen molar-refractivity contribution < 1.29 is 33.5 Å². The van der Waals surface area contributed by atoms with Crippen LogP contribution in [0.3, 0.4) is 0 Å². The second kappa shape index (κ2) is 8.58. The van der Waals surface area contributed by atoms with Crippen LogP contribution in [0.5, 0.6) is 0 Å². The number of anilines is 2. The summed E-state index contributed by atoms with van der Waals surface area (Å²) in [6.07, 6.45) is 0. The fourth-order valence-electron chi connectivity index (χ4n) is 4.05. The predicted octanol–water partition coefficient (Wildman–Crippen LogP) is 2.51. The van der Waals surface area contributed by atoms with Crippen LogP contribution in [0.4, 0.5) is 11.4 Å². The molecule has 10 nitrogen and oxygen atoms in total. The van der Waals surface area contributed by atoms with Gasteiger partial charge in [0.05, 0.1) is 33.5 Å². The zero-order chi connectivity index (χ0) is 25.6. The predicted molar refractivity (Wildman–Crippen MR) is 126 cm³/mol. The van der Waals surface area contributed by atoms with Crippen LogP contribution in [0, 0.1) is 0 Å². The number of rotatable bonds is 5. The Hall–Kier alpha value is -5.12. The molecule has 10 heteroatoms. The van der Waals surface area contributed by atoms with Crippen LogP contribution < -0.4 is 10.2 Å². The molecule has 0 bridgehead atoms. The summed E-state index contributed by atoms with van der Waals surface area (Å²) < 4.78 is 5.07. The number of benzene rings is 3. The first-order chi connectivity index (χ1) is 17.3. The maximum Gasteiger partial charge on any atom is 0.338 e. The third-order valence-electron chi connectivity index (χ3n) is 5.84. The van der Waals surface area contributed by atoms with Gasteiger partial charge in [0.1, 0.15) is 0 Å². The summed E-state index contributed by atoms with van der Waals surface area (Å²) in [5, 5.41) is 2.51. The quantitative estimate of drug-likeness (QED) is 0.436. The lowest BCUT2D eigenvalue weighted by atomic mass is 10.1. The first kappa shape index (κ1) is 22.7. The van der Waals surface area contributed by atoms with E-state index in [-0.39, 0.29) is 39.2 Å². The number of fused-ring (bicyclic) bond motifs is 2.